The Hall–Kier alpha value is -1.81. The van der Waals surface area contributed by atoms with Crippen molar-refractivity contribution in [3.05, 3.63) is 34.9 Å². The average Bonchev–Trinajstić information content (AvgIpc) is 2.72. The van der Waals surface area contributed by atoms with Gasteiger partial charge in [-0.2, -0.15) is 5.06 Å². The molecule has 2 unspecified atom stereocenters. The fraction of sp³-hybridized carbons (Fsp3) is 0.667. The number of nitrogens with zero attached hydrogens (tertiary/aromatic N) is 1. The molecule has 0 radical (unpaired) electrons. The number of ether oxygens (including phenoxy) is 1. The highest BCUT2D eigenvalue weighted by Crippen LogP contribution is 2.53. The van der Waals surface area contributed by atoms with Crippen LogP contribution in [0.1, 0.15) is 110 Å². The number of unbranched alkanes of at least 4 members (excludes halogenated alkanes) is 3. The van der Waals surface area contributed by atoms with Gasteiger partial charge >= 0.3 is 0 Å². The first kappa shape index (κ1) is 25.5. The lowest BCUT2D eigenvalue weighted by molar-refractivity contribution is -0.121. The second-order valence-corrected chi connectivity index (χ2v) is 9.70. The first-order valence-electron chi connectivity index (χ1n) is 12.2. The van der Waals surface area contributed by atoms with Crippen molar-refractivity contribution in [3.8, 4) is 5.75 Å². The highest BCUT2D eigenvalue weighted by atomic mass is 16.5. The Kier molecular flexibility index (Phi) is 9.17. The number of fused-ring (bicyclic) bond motifs is 3. The highest BCUT2D eigenvalue weighted by Gasteiger charge is 2.45. The number of anilines is 1. The van der Waals surface area contributed by atoms with Crippen molar-refractivity contribution in [2.24, 2.45) is 5.92 Å². The van der Waals surface area contributed by atoms with E-state index in [1.807, 2.05) is 6.07 Å². The highest BCUT2D eigenvalue weighted by molar-refractivity contribution is 5.91. The van der Waals surface area contributed by atoms with Crippen molar-refractivity contribution in [3.63, 3.8) is 0 Å². The van der Waals surface area contributed by atoms with Crippen LogP contribution in [0.5, 0.6) is 5.75 Å². The Bertz CT molecular complexity index is 779. The summed E-state index contributed by atoms with van der Waals surface area (Å²) in [6.45, 7) is 14.4. The van der Waals surface area contributed by atoms with Gasteiger partial charge in [0.05, 0.1) is 5.69 Å². The van der Waals surface area contributed by atoms with Crippen LogP contribution in [-0.4, -0.2) is 16.7 Å². The number of allylic oxidation sites excluding steroid dienone is 2. The smallest absolute Gasteiger partial charge is 0.247 e. The molecule has 2 atom stereocenters. The number of aryl methyl sites for hydroxylation is 1. The molecule has 4 nitrogen and oxygen atoms in total. The van der Waals surface area contributed by atoms with Gasteiger partial charge < -0.3 is 4.74 Å². The maximum atomic E-state index is 12.0. The van der Waals surface area contributed by atoms with Crippen LogP contribution in [0.4, 0.5) is 5.69 Å². The number of hydrogen-bond donors (Lipinski definition) is 1. The zero-order valence-electron chi connectivity index (χ0n) is 20.8. The molecule has 1 heterocycles. The summed E-state index contributed by atoms with van der Waals surface area (Å²) in [6, 6.07) is 4.10. The van der Waals surface area contributed by atoms with E-state index < -0.39 is 0 Å². The standard InChI is InChI=1S/C23H33NO3.C4H10/c1-6-7-8-9-17-13-20(24(26)16(3)25)22-18-12-15(2)10-11-19(18)23(4,5)27-21(22)14-17;1-3-4-2/h12-14,18-19,26H,6-11H2,1-5H3;3-4H2,1-2H3. The Balaban J connectivity index is 0.000000785. The number of hydroxylamine groups is 1. The summed E-state index contributed by atoms with van der Waals surface area (Å²) in [5, 5.41) is 11.3. The Morgan fingerprint density at radius 2 is 1.84 bits per heavy atom. The van der Waals surface area contributed by atoms with Gasteiger partial charge in [0.25, 0.3) is 0 Å². The van der Waals surface area contributed by atoms with E-state index in [2.05, 4.69) is 53.7 Å². The van der Waals surface area contributed by atoms with E-state index in [1.54, 1.807) is 0 Å². The predicted molar refractivity (Wildman–Crippen MR) is 129 cm³/mol. The van der Waals surface area contributed by atoms with Crippen molar-refractivity contribution in [1.29, 1.82) is 0 Å². The molecule has 1 aromatic carbocycles. The molecule has 4 heteroatoms. The lowest BCUT2D eigenvalue weighted by atomic mass is 9.67. The summed E-state index contributed by atoms with van der Waals surface area (Å²) in [5.74, 6) is 0.933. The summed E-state index contributed by atoms with van der Waals surface area (Å²) in [7, 11) is 0. The first-order valence-corrected chi connectivity index (χ1v) is 12.2. The fourth-order valence-corrected chi connectivity index (χ4v) is 4.65. The van der Waals surface area contributed by atoms with E-state index in [4.69, 9.17) is 4.74 Å². The third-order valence-corrected chi connectivity index (χ3v) is 6.62. The SMILES string of the molecule is CCCC.CCCCCc1cc2c(c(N(O)C(C)=O)c1)C1C=C(C)CCC1C(C)(C)O2. The lowest BCUT2D eigenvalue weighted by Crippen LogP contribution is -2.45. The van der Waals surface area contributed by atoms with Crippen LogP contribution in [0.3, 0.4) is 0 Å². The van der Waals surface area contributed by atoms with Gasteiger partial charge in [0.15, 0.2) is 0 Å². The van der Waals surface area contributed by atoms with Crippen molar-refractivity contribution >= 4 is 11.6 Å². The van der Waals surface area contributed by atoms with Crippen molar-refractivity contribution in [2.75, 3.05) is 5.06 Å². The molecule has 0 saturated heterocycles. The number of carbonyl (C=O) groups is 1. The second-order valence-electron chi connectivity index (χ2n) is 9.70. The molecule has 174 valence electrons. The molecule has 3 rings (SSSR count). The van der Waals surface area contributed by atoms with Gasteiger partial charge in [-0.3, -0.25) is 10.0 Å². The van der Waals surface area contributed by atoms with Crippen LogP contribution >= 0.6 is 0 Å². The average molecular weight is 430 g/mol. The van der Waals surface area contributed by atoms with E-state index in [0.717, 1.165) is 54.0 Å². The maximum Gasteiger partial charge on any atom is 0.247 e. The molecule has 0 bridgehead atoms. The van der Waals surface area contributed by atoms with Crippen LogP contribution in [0.15, 0.2) is 23.8 Å². The Morgan fingerprint density at radius 1 is 1.16 bits per heavy atom. The molecule has 1 amide bonds. The lowest BCUT2D eigenvalue weighted by Gasteiger charge is -2.47. The monoisotopic (exact) mass is 429 g/mol. The molecular formula is C27H43NO3. The number of hydrogen-bond acceptors (Lipinski definition) is 3. The molecule has 2 aliphatic rings. The third-order valence-electron chi connectivity index (χ3n) is 6.62. The molecule has 1 aliphatic heterocycles. The minimum Gasteiger partial charge on any atom is -0.487 e. The molecule has 1 aliphatic carbocycles. The summed E-state index contributed by atoms with van der Waals surface area (Å²) in [6.07, 6.45) is 11.4. The Labute approximate surface area is 189 Å². The van der Waals surface area contributed by atoms with Crippen molar-refractivity contribution < 1.29 is 14.7 Å². The van der Waals surface area contributed by atoms with Gasteiger partial charge in [-0.15, -0.1) is 0 Å². The van der Waals surface area contributed by atoms with Crippen LogP contribution in [0, 0.1) is 5.92 Å². The summed E-state index contributed by atoms with van der Waals surface area (Å²) >= 11 is 0. The summed E-state index contributed by atoms with van der Waals surface area (Å²) < 4.78 is 6.46. The van der Waals surface area contributed by atoms with E-state index in [-0.39, 0.29) is 17.4 Å². The first-order chi connectivity index (χ1) is 14.7. The van der Waals surface area contributed by atoms with E-state index in [1.165, 1.54) is 31.8 Å². The van der Waals surface area contributed by atoms with Gasteiger partial charge in [0.1, 0.15) is 11.4 Å². The zero-order chi connectivity index (χ0) is 23.2. The maximum absolute atomic E-state index is 12.0. The largest absolute Gasteiger partial charge is 0.487 e. The second kappa shape index (κ2) is 11.2. The van der Waals surface area contributed by atoms with Gasteiger partial charge in [-0.1, -0.05) is 58.1 Å². The van der Waals surface area contributed by atoms with E-state index >= 15 is 0 Å². The minimum absolute atomic E-state index is 0.159. The number of carbonyl (C=O) groups excluding carboxylic acids is 1. The van der Waals surface area contributed by atoms with Gasteiger partial charge in [-0.05, 0) is 64.2 Å². The quantitative estimate of drug-likeness (QED) is 0.219. The van der Waals surface area contributed by atoms with Gasteiger partial charge in [0.2, 0.25) is 5.91 Å². The molecule has 0 spiro atoms. The molecular weight excluding hydrogens is 386 g/mol. The van der Waals surface area contributed by atoms with Crippen LogP contribution in [0.25, 0.3) is 0 Å². The van der Waals surface area contributed by atoms with Crippen LogP contribution < -0.4 is 9.80 Å². The predicted octanol–water partition coefficient (Wildman–Crippen LogP) is 7.58. The van der Waals surface area contributed by atoms with Crippen molar-refractivity contribution in [2.45, 2.75) is 111 Å². The summed E-state index contributed by atoms with van der Waals surface area (Å²) in [4.78, 5) is 12.0. The molecule has 31 heavy (non-hydrogen) atoms. The Morgan fingerprint density at radius 3 is 2.42 bits per heavy atom. The van der Waals surface area contributed by atoms with E-state index in [9.17, 15) is 10.0 Å². The van der Waals surface area contributed by atoms with Gasteiger partial charge in [-0.25, -0.2) is 0 Å². The number of benzene rings is 1. The number of rotatable bonds is 6. The number of amides is 1. The van der Waals surface area contributed by atoms with Crippen molar-refractivity contribution in [1.82, 2.24) is 0 Å². The minimum atomic E-state index is -0.374. The normalized spacial score (nSPS) is 21.0. The van der Waals surface area contributed by atoms with Gasteiger partial charge in [0, 0.05) is 24.3 Å². The summed E-state index contributed by atoms with van der Waals surface area (Å²) in [5.41, 5.74) is 3.75. The zero-order valence-corrected chi connectivity index (χ0v) is 20.8. The molecule has 0 fully saturated rings. The van der Waals surface area contributed by atoms with Crippen LogP contribution in [-0.2, 0) is 11.2 Å². The molecule has 1 aromatic rings. The molecule has 0 aromatic heterocycles. The fourth-order valence-electron chi connectivity index (χ4n) is 4.65. The van der Waals surface area contributed by atoms with Crippen LogP contribution in [0.2, 0.25) is 0 Å². The molecule has 0 saturated carbocycles. The molecule has 1 N–H and O–H groups in total. The third kappa shape index (κ3) is 6.12. The topological polar surface area (TPSA) is 49.8 Å². The van der Waals surface area contributed by atoms with E-state index in [0.29, 0.717) is 11.6 Å².